The van der Waals surface area contributed by atoms with Gasteiger partial charge in [-0.15, -0.1) is 0 Å². The summed E-state index contributed by atoms with van der Waals surface area (Å²) >= 11 is 0. The van der Waals surface area contributed by atoms with Gasteiger partial charge in [-0.25, -0.2) is 4.98 Å². The van der Waals surface area contributed by atoms with E-state index in [0.717, 1.165) is 22.5 Å². The van der Waals surface area contributed by atoms with Crippen molar-refractivity contribution in [2.45, 2.75) is 6.54 Å². The van der Waals surface area contributed by atoms with E-state index in [-0.39, 0.29) is 0 Å². The third-order valence-electron chi connectivity index (χ3n) is 2.66. The van der Waals surface area contributed by atoms with Crippen molar-refractivity contribution in [1.29, 1.82) is 0 Å². The maximum absolute atomic E-state index is 4.54. The number of nitrogens with zero attached hydrogens (tertiary/aromatic N) is 4. The standard InChI is InChI=1S/C13H13N5/c1-18-7-6-13(17-18)15-9-10-8-14-11-4-2-3-5-12(11)16-10/h2-8H,9H2,1H3,(H,15,17). The molecule has 1 N–H and O–H groups in total. The zero-order valence-electron chi connectivity index (χ0n) is 10.0. The topological polar surface area (TPSA) is 55.6 Å². The van der Waals surface area contributed by atoms with Gasteiger partial charge in [0.05, 0.1) is 29.5 Å². The van der Waals surface area contributed by atoms with Gasteiger partial charge < -0.3 is 5.32 Å². The van der Waals surface area contributed by atoms with Crippen LogP contribution in [0, 0.1) is 0 Å². The molecule has 0 fully saturated rings. The maximum Gasteiger partial charge on any atom is 0.148 e. The number of fused-ring (bicyclic) bond motifs is 1. The first-order valence-electron chi connectivity index (χ1n) is 5.75. The average Bonchev–Trinajstić information content (AvgIpc) is 2.82. The van der Waals surface area contributed by atoms with Crippen molar-refractivity contribution in [2.75, 3.05) is 5.32 Å². The summed E-state index contributed by atoms with van der Waals surface area (Å²) in [7, 11) is 1.89. The molecule has 1 aromatic carbocycles. The molecule has 0 aliphatic rings. The second kappa shape index (κ2) is 4.44. The summed E-state index contributed by atoms with van der Waals surface area (Å²) < 4.78 is 1.76. The van der Waals surface area contributed by atoms with Crippen molar-refractivity contribution in [3.05, 3.63) is 48.4 Å². The SMILES string of the molecule is Cn1ccc(NCc2cnc3ccccc3n2)n1. The lowest BCUT2D eigenvalue weighted by molar-refractivity contribution is 0.768. The predicted molar refractivity (Wildman–Crippen MR) is 70.1 cm³/mol. The molecule has 3 rings (SSSR count). The van der Waals surface area contributed by atoms with Gasteiger partial charge in [-0.3, -0.25) is 9.67 Å². The lowest BCUT2D eigenvalue weighted by atomic mass is 10.3. The van der Waals surface area contributed by atoms with Crippen LogP contribution < -0.4 is 5.32 Å². The number of hydrogen-bond donors (Lipinski definition) is 1. The Morgan fingerprint density at radius 1 is 1.17 bits per heavy atom. The van der Waals surface area contributed by atoms with Crippen molar-refractivity contribution >= 4 is 16.9 Å². The molecule has 5 heteroatoms. The first kappa shape index (κ1) is 10.7. The van der Waals surface area contributed by atoms with E-state index in [9.17, 15) is 0 Å². The molecule has 0 spiro atoms. The minimum Gasteiger partial charge on any atom is -0.363 e. The Morgan fingerprint density at radius 2 is 2.00 bits per heavy atom. The highest BCUT2D eigenvalue weighted by molar-refractivity contribution is 5.73. The molecule has 0 aliphatic heterocycles. The highest BCUT2D eigenvalue weighted by atomic mass is 15.3. The third-order valence-corrected chi connectivity index (χ3v) is 2.66. The van der Waals surface area contributed by atoms with Gasteiger partial charge in [0.25, 0.3) is 0 Å². The Balaban J connectivity index is 1.78. The minimum absolute atomic E-state index is 0.620. The van der Waals surface area contributed by atoms with Crippen LogP contribution in [0.25, 0.3) is 11.0 Å². The van der Waals surface area contributed by atoms with Gasteiger partial charge in [0.1, 0.15) is 5.82 Å². The fourth-order valence-electron chi connectivity index (χ4n) is 1.77. The van der Waals surface area contributed by atoms with E-state index in [1.165, 1.54) is 0 Å². The summed E-state index contributed by atoms with van der Waals surface area (Å²) in [5.41, 5.74) is 2.73. The highest BCUT2D eigenvalue weighted by Gasteiger charge is 2.00. The monoisotopic (exact) mass is 239 g/mol. The van der Waals surface area contributed by atoms with Gasteiger partial charge in [-0.1, -0.05) is 12.1 Å². The highest BCUT2D eigenvalue weighted by Crippen LogP contribution is 2.09. The first-order valence-corrected chi connectivity index (χ1v) is 5.75. The van der Waals surface area contributed by atoms with E-state index in [2.05, 4.69) is 20.4 Å². The molecule has 0 aliphatic carbocycles. The van der Waals surface area contributed by atoms with Crippen molar-refractivity contribution in [3.8, 4) is 0 Å². The lowest BCUT2D eigenvalue weighted by Crippen LogP contribution is -2.03. The Hall–Kier alpha value is -2.43. The van der Waals surface area contributed by atoms with E-state index in [1.807, 2.05) is 43.6 Å². The van der Waals surface area contributed by atoms with Crippen LogP contribution in [-0.2, 0) is 13.6 Å². The molecular weight excluding hydrogens is 226 g/mol. The summed E-state index contributed by atoms with van der Waals surface area (Å²) in [6.45, 7) is 0.620. The molecule has 3 aromatic rings. The third kappa shape index (κ3) is 2.15. The van der Waals surface area contributed by atoms with Crippen LogP contribution in [0.3, 0.4) is 0 Å². The molecule has 0 unspecified atom stereocenters. The minimum atomic E-state index is 0.620. The van der Waals surface area contributed by atoms with E-state index < -0.39 is 0 Å². The number of aryl methyl sites for hydroxylation is 1. The fourth-order valence-corrected chi connectivity index (χ4v) is 1.77. The Morgan fingerprint density at radius 3 is 2.78 bits per heavy atom. The van der Waals surface area contributed by atoms with Gasteiger partial charge in [-0.2, -0.15) is 5.10 Å². The van der Waals surface area contributed by atoms with E-state index in [1.54, 1.807) is 10.9 Å². The van der Waals surface area contributed by atoms with Crippen LogP contribution in [-0.4, -0.2) is 19.7 Å². The first-order chi connectivity index (χ1) is 8.81. The number of hydrogen-bond acceptors (Lipinski definition) is 4. The largest absolute Gasteiger partial charge is 0.363 e. The number of anilines is 1. The zero-order valence-corrected chi connectivity index (χ0v) is 10.0. The van der Waals surface area contributed by atoms with Crippen LogP contribution in [0.15, 0.2) is 42.7 Å². The van der Waals surface area contributed by atoms with Crippen molar-refractivity contribution < 1.29 is 0 Å². The number of para-hydroxylation sites is 2. The van der Waals surface area contributed by atoms with Crippen molar-refractivity contribution in [1.82, 2.24) is 19.7 Å². The maximum atomic E-state index is 4.54. The van der Waals surface area contributed by atoms with E-state index in [0.29, 0.717) is 6.54 Å². The summed E-state index contributed by atoms with van der Waals surface area (Å²) in [5, 5.41) is 7.46. The molecule has 0 saturated carbocycles. The fraction of sp³-hybridized carbons (Fsp3) is 0.154. The van der Waals surface area contributed by atoms with Gasteiger partial charge in [0, 0.05) is 19.3 Å². The predicted octanol–water partition coefficient (Wildman–Crippen LogP) is 1.98. The second-order valence-corrected chi connectivity index (χ2v) is 4.08. The molecule has 2 aromatic heterocycles. The molecule has 0 saturated heterocycles. The summed E-state index contributed by atoms with van der Waals surface area (Å²) in [4.78, 5) is 8.91. The Kier molecular flexibility index (Phi) is 2.64. The summed E-state index contributed by atoms with van der Waals surface area (Å²) in [6.07, 6.45) is 3.69. The molecule has 18 heavy (non-hydrogen) atoms. The summed E-state index contributed by atoms with van der Waals surface area (Å²) in [5.74, 6) is 0.840. The summed E-state index contributed by atoms with van der Waals surface area (Å²) in [6, 6.07) is 9.77. The molecule has 5 nitrogen and oxygen atoms in total. The number of rotatable bonds is 3. The molecule has 0 atom stereocenters. The van der Waals surface area contributed by atoms with Gasteiger partial charge in [0.15, 0.2) is 0 Å². The normalized spacial score (nSPS) is 10.7. The Labute approximate surface area is 104 Å². The van der Waals surface area contributed by atoms with E-state index in [4.69, 9.17) is 0 Å². The molecule has 0 amide bonds. The molecular formula is C13H13N5. The van der Waals surface area contributed by atoms with Crippen LogP contribution in [0.4, 0.5) is 5.82 Å². The van der Waals surface area contributed by atoms with Crippen LogP contribution in [0.1, 0.15) is 5.69 Å². The molecule has 90 valence electrons. The molecule has 0 bridgehead atoms. The van der Waals surface area contributed by atoms with Crippen molar-refractivity contribution in [3.63, 3.8) is 0 Å². The number of benzene rings is 1. The van der Waals surface area contributed by atoms with Crippen LogP contribution in [0.2, 0.25) is 0 Å². The van der Waals surface area contributed by atoms with Gasteiger partial charge in [0.2, 0.25) is 0 Å². The number of aromatic nitrogens is 4. The van der Waals surface area contributed by atoms with Crippen LogP contribution in [0.5, 0.6) is 0 Å². The van der Waals surface area contributed by atoms with Crippen LogP contribution >= 0.6 is 0 Å². The quantitative estimate of drug-likeness (QED) is 0.759. The zero-order chi connectivity index (χ0) is 12.4. The van der Waals surface area contributed by atoms with E-state index >= 15 is 0 Å². The molecule has 2 heterocycles. The number of nitrogens with one attached hydrogen (secondary N) is 1. The average molecular weight is 239 g/mol. The molecule has 0 radical (unpaired) electrons. The smallest absolute Gasteiger partial charge is 0.148 e. The van der Waals surface area contributed by atoms with Crippen molar-refractivity contribution in [2.24, 2.45) is 7.05 Å². The Bertz CT molecular complexity index is 674. The second-order valence-electron chi connectivity index (χ2n) is 4.08. The van der Waals surface area contributed by atoms with Gasteiger partial charge >= 0.3 is 0 Å². The van der Waals surface area contributed by atoms with Gasteiger partial charge in [-0.05, 0) is 12.1 Å². The lowest BCUT2D eigenvalue weighted by Gasteiger charge is -2.03.